The van der Waals surface area contributed by atoms with E-state index in [-0.39, 0.29) is 28.4 Å². The van der Waals surface area contributed by atoms with Crippen LogP contribution in [0.2, 0.25) is 10.2 Å². The molecular weight excluding hydrogens is 565 g/mol. The minimum absolute atomic E-state index is 0.0557. The fourth-order valence-corrected chi connectivity index (χ4v) is 10.5. The SMILES string of the molecule is CC(=O)O[C@@H]1[C@H](CF)[C@@H](CO[Si](c2ccccc2)(c2ccccc2)C(C)(C)C)O[C@H]1n1cnc2c(Cl)nc(N)nc21. The summed E-state index contributed by atoms with van der Waals surface area (Å²) in [6, 6.07) is 20.3. The van der Waals surface area contributed by atoms with Crippen molar-refractivity contribution in [2.24, 2.45) is 5.92 Å². The van der Waals surface area contributed by atoms with Crippen LogP contribution in [-0.2, 0) is 18.7 Å². The Labute approximate surface area is 243 Å². The number of nitrogens with zero attached hydrogens (tertiary/aromatic N) is 4. The number of nitrogen functional groups attached to an aromatic ring is 1. The molecule has 12 heteroatoms. The van der Waals surface area contributed by atoms with Crippen molar-refractivity contribution in [3.05, 3.63) is 72.1 Å². The van der Waals surface area contributed by atoms with Gasteiger partial charge in [-0.15, -0.1) is 0 Å². The normalized spacial score (nSPS) is 21.3. The van der Waals surface area contributed by atoms with Gasteiger partial charge in [0, 0.05) is 6.92 Å². The summed E-state index contributed by atoms with van der Waals surface area (Å²) in [7, 11) is -2.94. The van der Waals surface area contributed by atoms with E-state index in [1.165, 1.54) is 13.3 Å². The first-order valence-corrected chi connectivity index (χ1v) is 15.6. The number of hydrogen-bond donors (Lipinski definition) is 1. The summed E-state index contributed by atoms with van der Waals surface area (Å²) in [5.41, 5.74) is 6.43. The van der Waals surface area contributed by atoms with Gasteiger partial charge in [0.15, 0.2) is 23.1 Å². The van der Waals surface area contributed by atoms with Gasteiger partial charge in [0.05, 0.1) is 31.6 Å². The summed E-state index contributed by atoms with van der Waals surface area (Å²) in [5, 5.41) is 1.95. The van der Waals surface area contributed by atoms with Crippen LogP contribution >= 0.6 is 11.6 Å². The molecule has 2 aromatic heterocycles. The number of carbonyl (C=O) groups excluding carboxylic acids is 1. The summed E-state index contributed by atoms with van der Waals surface area (Å²) in [4.78, 5) is 24.7. The van der Waals surface area contributed by atoms with E-state index in [1.54, 1.807) is 4.57 Å². The fraction of sp³-hybridized carbons (Fsp3) is 0.379. The molecule has 1 aliphatic rings. The number of fused-ring (bicyclic) bond motifs is 1. The molecule has 2 N–H and O–H groups in total. The molecule has 1 aliphatic heterocycles. The van der Waals surface area contributed by atoms with Gasteiger partial charge in [-0.2, -0.15) is 9.97 Å². The average molecular weight is 598 g/mol. The number of aromatic nitrogens is 4. The molecule has 0 spiro atoms. The number of alkyl halides is 1. The Morgan fingerprint density at radius 3 is 2.24 bits per heavy atom. The van der Waals surface area contributed by atoms with Crippen molar-refractivity contribution in [1.82, 2.24) is 19.5 Å². The summed E-state index contributed by atoms with van der Waals surface area (Å²) in [6.45, 7) is 7.04. The van der Waals surface area contributed by atoms with Gasteiger partial charge in [0.2, 0.25) is 5.95 Å². The van der Waals surface area contributed by atoms with Crippen LogP contribution in [-0.4, -0.2) is 59.3 Å². The molecule has 0 aliphatic carbocycles. The highest BCUT2D eigenvalue weighted by Crippen LogP contribution is 2.41. The second-order valence-corrected chi connectivity index (χ2v) is 15.8. The van der Waals surface area contributed by atoms with Crippen LogP contribution in [0.15, 0.2) is 67.0 Å². The third-order valence-electron chi connectivity index (χ3n) is 7.53. The van der Waals surface area contributed by atoms with E-state index in [1.807, 2.05) is 36.4 Å². The zero-order chi connectivity index (χ0) is 29.4. The smallest absolute Gasteiger partial charge is 0.303 e. The molecular formula is C29H33ClFN5O4Si. The summed E-state index contributed by atoms with van der Waals surface area (Å²) in [5.74, 6) is -1.43. The zero-order valence-corrected chi connectivity index (χ0v) is 25.1. The van der Waals surface area contributed by atoms with Crippen LogP contribution in [0.3, 0.4) is 0 Å². The quantitative estimate of drug-likeness (QED) is 0.184. The number of esters is 1. The van der Waals surface area contributed by atoms with E-state index < -0.39 is 45.3 Å². The lowest BCUT2D eigenvalue weighted by atomic mass is 10.00. The molecule has 1 saturated heterocycles. The minimum Gasteiger partial charge on any atom is -0.457 e. The second kappa shape index (κ2) is 11.5. The highest BCUT2D eigenvalue weighted by Gasteiger charge is 2.53. The van der Waals surface area contributed by atoms with E-state index in [2.05, 4.69) is 60.0 Å². The lowest BCUT2D eigenvalue weighted by molar-refractivity contribution is -0.153. The molecule has 4 atom stereocenters. The molecule has 0 unspecified atom stereocenters. The van der Waals surface area contributed by atoms with E-state index in [4.69, 9.17) is 31.2 Å². The van der Waals surface area contributed by atoms with Crippen molar-refractivity contribution in [3.63, 3.8) is 0 Å². The van der Waals surface area contributed by atoms with Crippen molar-refractivity contribution in [2.45, 2.75) is 51.2 Å². The predicted octanol–water partition coefficient (Wildman–Crippen LogP) is 4.05. The molecule has 9 nitrogen and oxygen atoms in total. The number of anilines is 1. The number of imidazole rings is 1. The Kier molecular flexibility index (Phi) is 8.15. The minimum atomic E-state index is -2.94. The third-order valence-corrected chi connectivity index (χ3v) is 12.8. The average Bonchev–Trinajstić information content (AvgIpc) is 3.50. The Morgan fingerprint density at radius 2 is 1.71 bits per heavy atom. The number of ether oxygens (including phenoxy) is 2. The molecule has 0 amide bonds. The summed E-state index contributed by atoms with van der Waals surface area (Å²) < 4.78 is 35.5. The molecule has 216 valence electrons. The van der Waals surface area contributed by atoms with Gasteiger partial charge < -0.3 is 19.6 Å². The van der Waals surface area contributed by atoms with Crippen LogP contribution in [0.25, 0.3) is 11.2 Å². The molecule has 3 heterocycles. The van der Waals surface area contributed by atoms with Crippen molar-refractivity contribution >= 4 is 53.4 Å². The summed E-state index contributed by atoms with van der Waals surface area (Å²) >= 11 is 6.24. The van der Waals surface area contributed by atoms with Crippen molar-refractivity contribution < 1.29 is 23.1 Å². The first-order valence-electron chi connectivity index (χ1n) is 13.4. The van der Waals surface area contributed by atoms with Crippen LogP contribution in [0.4, 0.5) is 10.3 Å². The Morgan fingerprint density at radius 1 is 1.10 bits per heavy atom. The number of halogens is 2. The monoisotopic (exact) mass is 597 g/mol. The Balaban J connectivity index is 1.55. The largest absolute Gasteiger partial charge is 0.457 e. The van der Waals surface area contributed by atoms with Crippen LogP contribution in [0.5, 0.6) is 0 Å². The molecule has 5 rings (SSSR count). The van der Waals surface area contributed by atoms with Gasteiger partial charge in [0.1, 0.15) is 5.52 Å². The maximum Gasteiger partial charge on any atom is 0.303 e. The van der Waals surface area contributed by atoms with E-state index >= 15 is 0 Å². The third kappa shape index (κ3) is 5.34. The second-order valence-electron chi connectivity index (χ2n) is 11.1. The standard InChI is InChI=1S/C29H33ClFN5O4Si/c1-18(37)39-24-21(15-31)22(40-27(24)36-17-33-23-25(30)34-28(32)35-26(23)36)16-38-41(29(2,3)4,19-11-7-5-8-12-19)20-13-9-6-10-14-20/h5-14,17,21-22,24,27H,15-16H2,1-4H3,(H2,32,34,35)/t21-,22-,24-,27-/m1/s1. The van der Waals surface area contributed by atoms with E-state index in [9.17, 15) is 9.18 Å². The Hall–Kier alpha value is -3.38. The molecule has 1 fully saturated rings. The van der Waals surface area contributed by atoms with Crippen molar-refractivity contribution in [1.29, 1.82) is 0 Å². The van der Waals surface area contributed by atoms with Crippen LogP contribution in [0.1, 0.15) is 33.9 Å². The molecule has 0 bridgehead atoms. The Bertz CT molecular complexity index is 1480. The maximum absolute atomic E-state index is 14.8. The molecule has 2 aromatic carbocycles. The number of carbonyl (C=O) groups is 1. The van der Waals surface area contributed by atoms with Gasteiger partial charge in [0.25, 0.3) is 8.32 Å². The van der Waals surface area contributed by atoms with Crippen LogP contribution in [0, 0.1) is 5.92 Å². The van der Waals surface area contributed by atoms with Gasteiger partial charge in [-0.1, -0.05) is 93.0 Å². The van der Waals surface area contributed by atoms with Gasteiger partial charge in [-0.05, 0) is 15.4 Å². The molecule has 0 saturated carbocycles. The molecule has 0 radical (unpaired) electrons. The molecule has 4 aromatic rings. The highest BCUT2D eigenvalue weighted by molar-refractivity contribution is 6.99. The topological polar surface area (TPSA) is 114 Å². The zero-order valence-electron chi connectivity index (χ0n) is 23.3. The summed E-state index contributed by atoms with van der Waals surface area (Å²) in [6.07, 6.45) is -1.21. The predicted molar refractivity (Wildman–Crippen MR) is 157 cm³/mol. The fourth-order valence-electron chi connectivity index (χ4n) is 5.74. The van der Waals surface area contributed by atoms with Gasteiger partial charge >= 0.3 is 5.97 Å². The van der Waals surface area contributed by atoms with Crippen molar-refractivity contribution in [2.75, 3.05) is 19.0 Å². The lowest BCUT2D eigenvalue weighted by Crippen LogP contribution is -2.67. The lowest BCUT2D eigenvalue weighted by Gasteiger charge is -2.43. The van der Waals surface area contributed by atoms with Crippen molar-refractivity contribution in [3.8, 4) is 0 Å². The van der Waals surface area contributed by atoms with Crippen LogP contribution < -0.4 is 16.1 Å². The number of benzene rings is 2. The maximum atomic E-state index is 14.8. The van der Waals surface area contributed by atoms with Gasteiger partial charge in [-0.3, -0.25) is 13.8 Å². The van der Waals surface area contributed by atoms with E-state index in [0.29, 0.717) is 5.52 Å². The molecule has 41 heavy (non-hydrogen) atoms. The van der Waals surface area contributed by atoms with E-state index in [0.717, 1.165) is 10.4 Å². The first-order chi connectivity index (χ1) is 19.6. The number of nitrogens with two attached hydrogens (primary N) is 1. The van der Waals surface area contributed by atoms with Gasteiger partial charge in [-0.25, -0.2) is 4.98 Å². The number of rotatable bonds is 8. The highest BCUT2D eigenvalue weighted by atomic mass is 35.5. The number of hydrogen-bond acceptors (Lipinski definition) is 8. The first kappa shape index (κ1) is 29.1.